The van der Waals surface area contributed by atoms with Crippen molar-refractivity contribution >= 4 is 33.8 Å². The number of rotatable bonds is 7. The van der Waals surface area contributed by atoms with Crippen molar-refractivity contribution in [1.29, 1.82) is 0 Å². The second kappa shape index (κ2) is 9.09. The van der Waals surface area contributed by atoms with Crippen LogP contribution in [0.1, 0.15) is 43.1 Å². The Bertz CT molecular complexity index is 1140. The van der Waals surface area contributed by atoms with Crippen molar-refractivity contribution in [3.8, 4) is 0 Å². The van der Waals surface area contributed by atoms with Gasteiger partial charge in [0.2, 0.25) is 0 Å². The number of nitro groups is 1. The monoisotopic (exact) mass is 435 g/mol. The number of thiophene rings is 1. The van der Waals surface area contributed by atoms with E-state index in [1.54, 1.807) is 6.07 Å². The van der Waals surface area contributed by atoms with E-state index < -0.39 is 10.8 Å². The lowest BCUT2D eigenvalue weighted by molar-refractivity contribution is -0.385. The van der Waals surface area contributed by atoms with E-state index in [0.29, 0.717) is 23.5 Å². The highest BCUT2D eigenvalue weighted by Crippen LogP contribution is 2.39. The Labute approximate surface area is 183 Å². The fourth-order valence-corrected chi connectivity index (χ4v) is 5.06. The highest BCUT2D eigenvalue weighted by Gasteiger charge is 2.28. The second-order valence-electron chi connectivity index (χ2n) is 7.28. The average molecular weight is 436 g/mol. The van der Waals surface area contributed by atoms with Gasteiger partial charge in [-0.1, -0.05) is 42.5 Å². The number of fused-ring (bicyclic) bond motifs is 1. The molecule has 8 heteroatoms. The summed E-state index contributed by atoms with van der Waals surface area (Å²) in [5.41, 5.74) is 2.29. The number of nitro benzene ring substituents is 1. The van der Waals surface area contributed by atoms with Gasteiger partial charge in [-0.15, -0.1) is 11.3 Å². The summed E-state index contributed by atoms with van der Waals surface area (Å²) in [6.45, 7) is 0.477. The first-order valence-corrected chi connectivity index (χ1v) is 10.9. The fraction of sp³-hybridized carbons (Fsp3) is 0.217. The van der Waals surface area contributed by atoms with Crippen LogP contribution in [0.15, 0.2) is 54.6 Å². The molecule has 0 fully saturated rings. The number of anilines is 1. The number of amides is 2. The highest BCUT2D eigenvalue weighted by molar-refractivity contribution is 7.17. The Kier molecular flexibility index (Phi) is 6.08. The Morgan fingerprint density at radius 3 is 2.52 bits per heavy atom. The van der Waals surface area contributed by atoms with Gasteiger partial charge in [-0.3, -0.25) is 19.7 Å². The van der Waals surface area contributed by atoms with E-state index in [2.05, 4.69) is 10.6 Å². The van der Waals surface area contributed by atoms with E-state index >= 15 is 0 Å². The zero-order valence-electron chi connectivity index (χ0n) is 16.7. The number of carbonyl (C=O) groups is 2. The van der Waals surface area contributed by atoms with Gasteiger partial charge in [0.1, 0.15) is 10.6 Å². The van der Waals surface area contributed by atoms with E-state index in [4.69, 9.17) is 0 Å². The maximum Gasteiger partial charge on any atom is 0.282 e. The molecule has 2 aromatic carbocycles. The van der Waals surface area contributed by atoms with Crippen LogP contribution in [0.2, 0.25) is 0 Å². The first-order chi connectivity index (χ1) is 15.0. The smallest absolute Gasteiger partial charge is 0.282 e. The van der Waals surface area contributed by atoms with Crippen molar-refractivity contribution in [2.24, 2.45) is 0 Å². The predicted octanol–water partition coefficient (Wildman–Crippen LogP) is 4.37. The van der Waals surface area contributed by atoms with Crippen LogP contribution in [0.4, 0.5) is 10.7 Å². The molecule has 0 saturated carbocycles. The van der Waals surface area contributed by atoms with E-state index in [9.17, 15) is 19.7 Å². The first kappa shape index (κ1) is 20.7. The van der Waals surface area contributed by atoms with Gasteiger partial charge in [0.25, 0.3) is 17.5 Å². The molecule has 4 rings (SSSR count). The molecule has 0 radical (unpaired) electrons. The van der Waals surface area contributed by atoms with Crippen LogP contribution >= 0.6 is 11.3 Å². The molecule has 1 heterocycles. The number of carbonyl (C=O) groups excluding carboxylic acids is 2. The average Bonchev–Trinajstić information content (AvgIpc) is 3.35. The van der Waals surface area contributed by atoms with Crippen LogP contribution in [0.25, 0.3) is 0 Å². The number of para-hydroxylation sites is 1. The van der Waals surface area contributed by atoms with E-state index in [0.717, 1.165) is 35.3 Å². The summed E-state index contributed by atoms with van der Waals surface area (Å²) in [5.74, 6) is -0.821. The molecule has 158 valence electrons. The number of hydrogen-bond acceptors (Lipinski definition) is 5. The standard InChI is InChI=1S/C23H21N3O4S/c27-21(16-9-4-5-11-18(16)26(29)30)25-23-20(17-10-6-12-19(17)31-23)22(28)24-14-13-15-7-2-1-3-8-15/h1-5,7-9,11H,6,10,12-14H2,(H,24,28)(H,25,27). The highest BCUT2D eigenvalue weighted by atomic mass is 32.1. The Hall–Kier alpha value is -3.52. The summed E-state index contributed by atoms with van der Waals surface area (Å²) in [5, 5.41) is 17.4. The van der Waals surface area contributed by atoms with Crippen molar-refractivity contribution in [1.82, 2.24) is 5.32 Å². The van der Waals surface area contributed by atoms with Crippen LogP contribution in [0, 0.1) is 10.1 Å². The topological polar surface area (TPSA) is 101 Å². The number of nitrogens with one attached hydrogen (secondary N) is 2. The molecule has 0 saturated heterocycles. The number of aryl methyl sites for hydroxylation is 1. The summed E-state index contributed by atoms with van der Waals surface area (Å²) < 4.78 is 0. The lowest BCUT2D eigenvalue weighted by Crippen LogP contribution is -2.27. The molecule has 1 aliphatic carbocycles. The van der Waals surface area contributed by atoms with E-state index in [1.165, 1.54) is 29.5 Å². The number of hydrogen-bond donors (Lipinski definition) is 2. The third-order valence-electron chi connectivity index (χ3n) is 5.26. The molecule has 0 bridgehead atoms. The van der Waals surface area contributed by atoms with Crippen molar-refractivity contribution in [2.75, 3.05) is 11.9 Å². The summed E-state index contributed by atoms with van der Waals surface area (Å²) in [4.78, 5) is 37.6. The molecule has 0 spiro atoms. The third kappa shape index (κ3) is 4.49. The molecule has 0 unspecified atom stereocenters. The largest absolute Gasteiger partial charge is 0.352 e. The van der Waals surface area contributed by atoms with Crippen LogP contribution in [0.5, 0.6) is 0 Å². The minimum absolute atomic E-state index is 0.0310. The SMILES string of the molecule is O=C(Nc1sc2c(c1C(=O)NCCc1ccccc1)CCC2)c1ccccc1[N+](=O)[O-]. The lowest BCUT2D eigenvalue weighted by atomic mass is 10.1. The van der Waals surface area contributed by atoms with Gasteiger partial charge >= 0.3 is 0 Å². The Morgan fingerprint density at radius 2 is 1.74 bits per heavy atom. The van der Waals surface area contributed by atoms with Crippen LogP contribution in [-0.4, -0.2) is 23.3 Å². The molecule has 0 aliphatic heterocycles. The van der Waals surface area contributed by atoms with E-state index in [-0.39, 0.29) is 17.2 Å². The molecule has 0 atom stereocenters. The van der Waals surface area contributed by atoms with Crippen molar-refractivity contribution < 1.29 is 14.5 Å². The van der Waals surface area contributed by atoms with Gasteiger partial charge in [0.15, 0.2) is 0 Å². The molecule has 2 amide bonds. The van der Waals surface area contributed by atoms with Gasteiger partial charge in [-0.2, -0.15) is 0 Å². The molecule has 7 nitrogen and oxygen atoms in total. The van der Waals surface area contributed by atoms with Gasteiger partial charge < -0.3 is 10.6 Å². The number of nitrogens with zero attached hydrogens (tertiary/aromatic N) is 1. The number of benzene rings is 2. The third-order valence-corrected chi connectivity index (χ3v) is 6.47. The van der Waals surface area contributed by atoms with Crippen LogP contribution < -0.4 is 10.6 Å². The molecular weight excluding hydrogens is 414 g/mol. The summed E-state index contributed by atoms with van der Waals surface area (Å²) in [6.07, 6.45) is 3.33. The molecule has 2 N–H and O–H groups in total. The van der Waals surface area contributed by atoms with Crippen molar-refractivity contribution in [3.63, 3.8) is 0 Å². The Morgan fingerprint density at radius 1 is 1.00 bits per heavy atom. The van der Waals surface area contributed by atoms with Crippen molar-refractivity contribution in [2.45, 2.75) is 25.7 Å². The van der Waals surface area contributed by atoms with Gasteiger partial charge in [-0.05, 0) is 42.9 Å². The fourth-order valence-electron chi connectivity index (χ4n) is 3.78. The maximum absolute atomic E-state index is 13.0. The zero-order chi connectivity index (χ0) is 21.8. The summed E-state index contributed by atoms with van der Waals surface area (Å²) in [7, 11) is 0. The normalized spacial score (nSPS) is 12.3. The van der Waals surface area contributed by atoms with Crippen LogP contribution in [0.3, 0.4) is 0 Å². The van der Waals surface area contributed by atoms with Crippen LogP contribution in [-0.2, 0) is 19.3 Å². The van der Waals surface area contributed by atoms with Crippen molar-refractivity contribution in [3.05, 3.63) is 91.8 Å². The summed E-state index contributed by atoms with van der Waals surface area (Å²) in [6, 6.07) is 15.7. The van der Waals surface area contributed by atoms with E-state index in [1.807, 2.05) is 30.3 Å². The minimum atomic E-state index is -0.592. The second-order valence-corrected chi connectivity index (χ2v) is 8.39. The zero-order valence-corrected chi connectivity index (χ0v) is 17.5. The molecule has 3 aromatic rings. The Balaban J connectivity index is 1.53. The molecular formula is C23H21N3O4S. The first-order valence-electron chi connectivity index (χ1n) is 10.1. The molecule has 31 heavy (non-hydrogen) atoms. The predicted molar refractivity (Wildman–Crippen MR) is 120 cm³/mol. The van der Waals surface area contributed by atoms with Gasteiger partial charge in [0.05, 0.1) is 10.5 Å². The summed E-state index contributed by atoms with van der Waals surface area (Å²) >= 11 is 1.38. The molecule has 1 aromatic heterocycles. The minimum Gasteiger partial charge on any atom is -0.352 e. The van der Waals surface area contributed by atoms with Gasteiger partial charge in [-0.25, -0.2) is 0 Å². The molecule has 1 aliphatic rings. The van der Waals surface area contributed by atoms with Gasteiger partial charge in [0, 0.05) is 17.5 Å². The quantitative estimate of drug-likeness (QED) is 0.425. The maximum atomic E-state index is 13.0. The lowest BCUT2D eigenvalue weighted by Gasteiger charge is -2.10.